The lowest BCUT2D eigenvalue weighted by Gasteiger charge is -2.22. The van der Waals surface area contributed by atoms with Gasteiger partial charge in [-0.05, 0) is 32.7 Å². The van der Waals surface area contributed by atoms with E-state index < -0.39 is 0 Å². The summed E-state index contributed by atoms with van der Waals surface area (Å²) in [4.78, 5) is 11.3. The molecule has 0 amide bonds. The van der Waals surface area contributed by atoms with Gasteiger partial charge < -0.3 is 14.8 Å². The fraction of sp³-hybridized carbons (Fsp3) is 0.900. The average Bonchev–Trinajstić information content (AvgIpc) is 2.26. The van der Waals surface area contributed by atoms with E-state index in [0.717, 1.165) is 26.1 Å². The van der Waals surface area contributed by atoms with Crippen LogP contribution >= 0.6 is 0 Å². The molecule has 1 aliphatic rings. The molecule has 0 radical (unpaired) electrons. The Bertz CT molecular complexity index is 178. The molecule has 82 valence electrons. The third-order valence-electron chi connectivity index (χ3n) is 2.59. The van der Waals surface area contributed by atoms with Crippen molar-refractivity contribution in [1.82, 2.24) is 5.32 Å². The minimum absolute atomic E-state index is 0.168. The first-order valence-corrected chi connectivity index (χ1v) is 5.15. The summed E-state index contributed by atoms with van der Waals surface area (Å²) in [6.45, 7) is 3.92. The second-order valence-electron chi connectivity index (χ2n) is 3.70. The Labute approximate surface area is 85.0 Å². The van der Waals surface area contributed by atoms with Gasteiger partial charge in [0.2, 0.25) is 0 Å². The first-order chi connectivity index (χ1) is 6.74. The first kappa shape index (κ1) is 11.5. The predicted octanol–water partition coefficient (Wildman–Crippen LogP) is 0.564. The summed E-state index contributed by atoms with van der Waals surface area (Å²) in [5, 5.41) is 2.85. The molecule has 0 aromatic rings. The van der Waals surface area contributed by atoms with E-state index in [1.54, 1.807) is 14.0 Å². The Morgan fingerprint density at radius 3 is 2.79 bits per heavy atom. The normalized spacial score (nSPS) is 20.4. The largest absolute Gasteiger partial charge is 0.464 e. The molecule has 1 N–H and O–H groups in total. The van der Waals surface area contributed by atoms with Crippen LogP contribution in [0.4, 0.5) is 0 Å². The molecule has 4 heteroatoms. The Balaban J connectivity index is 2.15. The fourth-order valence-electron chi connectivity index (χ4n) is 1.36. The highest BCUT2D eigenvalue weighted by molar-refractivity contribution is 5.75. The Morgan fingerprint density at radius 1 is 1.57 bits per heavy atom. The number of ether oxygens (including phenoxy) is 2. The summed E-state index contributed by atoms with van der Waals surface area (Å²) in [5.74, 6) is 0.316. The molecular formula is C10H19NO3. The van der Waals surface area contributed by atoms with E-state index in [9.17, 15) is 4.79 Å². The van der Waals surface area contributed by atoms with Crippen molar-refractivity contribution >= 4 is 5.97 Å². The number of likely N-dealkylation sites (N-methyl/N-ethyl adjacent to an activating group) is 1. The highest BCUT2D eigenvalue weighted by atomic mass is 16.5. The lowest BCUT2D eigenvalue weighted by atomic mass is 10.0. The topological polar surface area (TPSA) is 47.6 Å². The van der Waals surface area contributed by atoms with Crippen molar-refractivity contribution in [3.8, 4) is 0 Å². The van der Waals surface area contributed by atoms with Gasteiger partial charge in [-0.1, -0.05) is 0 Å². The van der Waals surface area contributed by atoms with Gasteiger partial charge >= 0.3 is 5.97 Å². The minimum atomic E-state index is -0.213. The van der Waals surface area contributed by atoms with Crippen LogP contribution in [0.15, 0.2) is 0 Å². The van der Waals surface area contributed by atoms with Crippen LogP contribution in [0.3, 0.4) is 0 Å². The van der Waals surface area contributed by atoms with Crippen LogP contribution in [0.25, 0.3) is 0 Å². The van der Waals surface area contributed by atoms with Gasteiger partial charge in [0.25, 0.3) is 0 Å². The maximum Gasteiger partial charge on any atom is 0.322 e. The smallest absolute Gasteiger partial charge is 0.322 e. The molecule has 1 heterocycles. The molecule has 0 saturated carbocycles. The first-order valence-electron chi connectivity index (χ1n) is 5.15. The van der Waals surface area contributed by atoms with Crippen LogP contribution in [-0.2, 0) is 14.3 Å². The van der Waals surface area contributed by atoms with Gasteiger partial charge in [-0.15, -0.1) is 0 Å². The molecular weight excluding hydrogens is 182 g/mol. The molecule has 4 nitrogen and oxygen atoms in total. The van der Waals surface area contributed by atoms with Crippen LogP contribution in [0.2, 0.25) is 0 Å². The summed E-state index contributed by atoms with van der Waals surface area (Å²) in [6.07, 6.45) is 2.00. The van der Waals surface area contributed by atoms with Gasteiger partial charge in [0.1, 0.15) is 6.04 Å². The van der Waals surface area contributed by atoms with E-state index >= 15 is 0 Å². The molecule has 0 aromatic carbocycles. The summed E-state index contributed by atoms with van der Waals surface area (Å²) in [5.41, 5.74) is 0. The number of esters is 1. The van der Waals surface area contributed by atoms with Crippen molar-refractivity contribution < 1.29 is 14.3 Å². The van der Waals surface area contributed by atoms with Crippen molar-refractivity contribution in [3.63, 3.8) is 0 Å². The van der Waals surface area contributed by atoms with Crippen molar-refractivity contribution in [3.05, 3.63) is 0 Å². The van der Waals surface area contributed by atoms with Gasteiger partial charge in [-0.25, -0.2) is 0 Å². The zero-order valence-electron chi connectivity index (χ0n) is 8.91. The van der Waals surface area contributed by atoms with Crippen molar-refractivity contribution in [1.29, 1.82) is 0 Å². The number of hydrogen-bond donors (Lipinski definition) is 1. The van der Waals surface area contributed by atoms with Gasteiger partial charge in [-0.3, -0.25) is 4.79 Å². The Morgan fingerprint density at radius 2 is 2.21 bits per heavy atom. The highest BCUT2D eigenvalue weighted by Gasteiger charge is 2.17. The van der Waals surface area contributed by atoms with E-state index in [4.69, 9.17) is 9.47 Å². The number of carbonyl (C=O) groups excluding carboxylic acids is 1. The molecule has 1 atom stereocenters. The van der Waals surface area contributed by atoms with Crippen LogP contribution in [0, 0.1) is 5.92 Å². The van der Waals surface area contributed by atoms with Gasteiger partial charge in [0, 0.05) is 13.2 Å². The monoisotopic (exact) mass is 201 g/mol. The number of carbonyl (C=O) groups is 1. The van der Waals surface area contributed by atoms with Crippen molar-refractivity contribution in [2.45, 2.75) is 25.8 Å². The summed E-state index contributed by atoms with van der Waals surface area (Å²) in [6, 6.07) is -0.213. The van der Waals surface area contributed by atoms with E-state index in [-0.39, 0.29) is 12.0 Å². The quantitative estimate of drug-likeness (QED) is 0.675. The van der Waals surface area contributed by atoms with Gasteiger partial charge in [0.15, 0.2) is 0 Å². The van der Waals surface area contributed by atoms with Crippen LogP contribution in [0.1, 0.15) is 19.8 Å². The zero-order valence-corrected chi connectivity index (χ0v) is 8.91. The molecule has 1 rings (SSSR count). The summed E-state index contributed by atoms with van der Waals surface area (Å²) in [7, 11) is 1.75. The average molecular weight is 201 g/mol. The van der Waals surface area contributed by atoms with E-state index in [1.807, 2.05) is 0 Å². The molecule has 0 aromatic heterocycles. The zero-order chi connectivity index (χ0) is 10.4. The fourth-order valence-corrected chi connectivity index (χ4v) is 1.36. The number of rotatable bonds is 4. The Kier molecular flexibility index (Phi) is 4.90. The van der Waals surface area contributed by atoms with E-state index in [0.29, 0.717) is 12.5 Å². The molecule has 0 spiro atoms. The van der Waals surface area contributed by atoms with E-state index in [2.05, 4.69) is 5.32 Å². The van der Waals surface area contributed by atoms with Crippen LogP contribution < -0.4 is 5.32 Å². The second kappa shape index (κ2) is 5.98. The van der Waals surface area contributed by atoms with Gasteiger partial charge in [0.05, 0.1) is 6.61 Å². The standard InChI is InChI=1S/C10H19NO3/c1-8(11-2)10(12)14-7-9-3-5-13-6-4-9/h8-9,11H,3-7H2,1-2H3. The maximum atomic E-state index is 11.3. The lowest BCUT2D eigenvalue weighted by Crippen LogP contribution is -2.34. The third kappa shape index (κ3) is 3.64. The molecule has 1 unspecified atom stereocenters. The minimum Gasteiger partial charge on any atom is -0.464 e. The van der Waals surface area contributed by atoms with Gasteiger partial charge in [-0.2, -0.15) is 0 Å². The number of hydrogen-bond acceptors (Lipinski definition) is 4. The SMILES string of the molecule is CNC(C)C(=O)OCC1CCOCC1. The molecule has 14 heavy (non-hydrogen) atoms. The Hall–Kier alpha value is -0.610. The summed E-state index contributed by atoms with van der Waals surface area (Å²) < 4.78 is 10.4. The van der Waals surface area contributed by atoms with E-state index in [1.165, 1.54) is 0 Å². The van der Waals surface area contributed by atoms with Crippen LogP contribution in [-0.4, -0.2) is 38.9 Å². The van der Waals surface area contributed by atoms with Crippen molar-refractivity contribution in [2.24, 2.45) is 5.92 Å². The molecule has 0 aliphatic carbocycles. The highest BCUT2D eigenvalue weighted by Crippen LogP contribution is 2.14. The summed E-state index contributed by atoms with van der Waals surface area (Å²) >= 11 is 0. The van der Waals surface area contributed by atoms with Crippen molar-refractivity contribution in [2.75, 3.05) is 26.9 Å². The molecule has 1 fully saturated rings. The maximum absolute atomic E-state index is 11.3. The molecule has 1 aliphatic heterocycles. The number of nitrogens with one attached hydrogen (secondary N) is 1. The second-order valence-corrected chi connectivity index (χ2v) is 3.70. The third-order valence-corrected chi connectivity index (χ3v) is 2.59. The molecule has 1 saturated heterocycles. The lowest BCUT2D eigenvalue weighted by molar-refractivity contribution is -0.147. The molecule has 0 bridgehead atoms. The predicted molar refractivity (Wildman–Crippen MR) is 53.0 cm³/mol. The van der Waals surface area contributed by atoms with Crippen LogP contribution in [0.5, 0.6) is 0 Å².